The van der Waals surface area contributed by atoms with Gasteiger partial charge in [0.2, 0.25) is 0 Å². The Hall–Kier alpha value is -0.800. The molecule has 0 aromatic heterocycles. The third-order valence-corrected chi connectivity index (χ3v) is 2.84. The molecule has 1 unspecified atom stereocenters. The zero-order chi connectivity index (χ0) is 10.7. The minimum absolute atomic E-state index is 0.172. The van der Waals surface area contributed by atoms with Crippen LogP contribution in [0.4, 0.5) is 4.39 Å². The SMILES string of the molecule is Fc1cccc(Cl)c1OCC1CCNC1. The van der Waals surface area contributed by atoms with Gasteiger partial charge in [-0.1, -0.05) is 17.7 Å². The topological polar surface area (TPSA) is 21.3 Å². The zero-order valence-electron chi connectivity index (χ0n) is 8.30. The summed E-state index contributed by atoms with van der Waals surface area (Å²) in [6.07, 6.45) is 1.08. The molecule has 1 aliphatic rings. The molecule has 1 N–H and O–H groups in total. The van der Waals surface area contributed by atoms with Gasteiger partial charge in [-0.3, -0.25) is 0 Å². The molecule has 4 heteroatoms. The van der Waals surface area contributed by atoms with Gasteiger partial charge in [-0.15, -0.1) is 0 Å². The van der Waals surface area contributed by atoms with Gasteiger partial charge in [0, 0.05) is 12.5 Å². The van der Waals surface area contributed by atoms with Gasteiger partial charge in [0.05, 0.1) is 11.6 Å². The fourth-order valence-corrected chi connectivity index (χ4v) is 1.90. The van der Waals surface area contributed by atoms with Gasteiger partial charge in [0.25, 0.3) is 0 Å². The fourth-order valence-electron chi connectivity index (χ4n) is 1.68. The Balaban J connectivity index is 1.97. The van der Waals surface area contributed by atoms with E-state index >= 15 is 0 Å². The third-order valence-electron chi connectivity index (χ3n) is 2.54. The van der Waals surface area contributed by atoms with Crippen LogP contribution in [0.25, 0.3) is 0 Å². The van der Waals surface area contributed by atoms with Crippen LogP contribution in [0, 0.1) is 11.7 Å². The number of halogens is 2. The van der Waals surface area contributed by atoms with E-state index in [1.165, 1.54) is 6.07 Å². The van der Waals surface area contributed by atoms with E-state index in [4.69, 9.17) is 16.3 Å². The van der Waals surface area contributed by atoms with Crippen LogP contribution < -0.4 is 10.1 Å². The molecule has 1 aromatic rings. The van der Waals surface area contributed by atoms with Gasteiger partial charge < -0.3 is 10.1 Å². The zero-order valence-corrected chi connectivity index (χ0v) is 9.06. The first-order chi connectivity index (χ1) is 7.27. The maximum atomic E-state index is 13.3. The van der Waals surface area contributed by atoms with Crippen LogP contribution in [0.15, 0.2) is 18.2 Å². The average Bonchev–Trinajstić information content (AvgIpc) is 2.70. The number of rotatable bonds is 3. The Bertz CT molecular complexity index is 319. The van der Waals surface area contributed by atoms with Gasteiger partial charge in [-0.25, -0.2) is 4.39 Å². The first kappa shape index (κ1) is 10.7. The Kier molecular flexibility index (Phi) is 3.44. The molecular formula is C11H13ClFNO. The summed E-state index contributed by atoms with van der Waals surface area (Å²) in [4.78, 5) is 0. The number of ether oxygens (including phenoxy) is 1. The smallest absolute Gasteiger partial charge is 0.173 e. The molecule has 0 radical (unpaired) electrons. The molecule has 0 bridgehead atoms. The van der Waals surface area contributed by atoms with Crippen molar-refractivity contribution in [1.82, 2.24) is 5.32 Å². The summed E-state index contributed by atoms with van der Waals surface area (Å²) >= 11 is 5.83. The van der Waals surface area contributed by atoms with E-state index < -0.39 is 5.82 Å². The molecule has 1 saturated heterocycles. The fraction of sp³-hybridized carbons (Fsp3) is 0.455. The first-order valence-electron chi connectivity index (χ1n) is 5.05. The van der Waals surface area contributed by atoms with Crippen LogP contribution in [0.3, 0.4) is 0 Å². The van der Waals surface area contributed by atoms with Crippen molar-refractivity contribution in [3.63, 3.8) is 0 Å². The molecule has 1 heterocycles. The normalized spacial score (nSPS) is 20.5. The van der Waals surface area contributed by atoms with E-state index in [-0.39, 0.29) is 5.75 Å². The molecule has 2 rings (SSSR count). The standard InChI is InChI=1S/C11H13ClFNO/c12-9-2-1-3-10(13)11(9)15-7-8-4-5-14-6-8/h1-3,8,14H,4-7H2. The minimum Gasteiger partial charge on any atom is -0.489 e. The predicted octanol–water partition coefficient (Wildman–Crippen LogP) is 2.47. The quantitative estimate of drug-likeness (QED) is 0.860. The molecule has 82 valence electrons. The van der Waals surface area contributed by atoms with Gasteiger partial charge in [-0.05, 0) is 25.1 Å². The third kappa shape index (κ3) is 2.61. The molecule has 0 amide bonds. The number of benzene rings is 1. The van der Waals surface area contributed by atoms with Crippen LogP contribution in [0.1, 0.15) is 6.42 Å². The Labute approximate surface area is 93.4 Å². The maximum absolute atomic E-state index is 13.3. The first-order valence-corrected chi connectivity index (χ1v) is 5.42. The Morgan fingerprint density at radius 2 is 2.40 bits per heavy atom. The maximum Gasteiger partial charge on any atom is 0.173 e. The van der Waals surface area contributed by atoms with E-state index in [1.807, 2.05) is 0 Å². The van der Waals surface area contributed by atoms with Gasteiger partial charge in [-0.2, -0.15) is 0 Å². The van der Waals surface area contributed by atoms with Crippen LogP contribution in [-0.2, 0) is 0 Å². The molecular weight excluding hydrogens is 217 g/mol. The number of hydrogen-bond donors (Lipinski definition) is 1. The Morgan fingerprint density at radius 3 is 3.07 bits per heavy atom. The van der Waals surface area contributed by atoms with Crippen molar-refractivity contribution in [3.05, 3.63) is 29.0 Å². The summed E-state index contributed by atoms with van der Waals surface area (Å²) in [7, 11) is 0. The summed E-state index contributed by atoms with van der Waals surface area (Å²) < 4.78 is 18.7. The lowest BCUT2D eigenvalue weighted by Gasteiger charge is -2.12. The van der Waals surface area contributed by atoms with E-state index in [9.17, 15) is 4.39 Å². The number of nitrogens with one attached hydrogen (secondary N) is 1. The molecule has 1 aliphatic heterocycles. The molecule has 1 aromatic carbocycles. The van der Waals surface area contributed by atoms with Crippen molar-refractivity contribution >= 4 is 11.6 Å². The van der Waals surface area contributed by atoms with Crippen molar-refractivity contribution in [2.24, 2.45) is 5.92 Å². The van der Waals surface area contributed by atoms with Crippen LogP contribution >= 0.6 is 11.6 Å². The summed E-state index contributed by atoms with van der Waals surface area (Å²) in [6, 6.07) is 4.56. The van der Waals surface area contributed by atoms with E-state index in [0.717, 1.165) is 19.5 Å². The monoisotopic (exact) mass is 229 g/mol. The summed E-state index contributed by atoms with van der Waals surface area (Å²) in [6.45, 7) is 2.47. The van der Waals surface area contributed by atoms with E-state index in [0.29, 0.717) is 17.5 Å². The van der Waals surface area contributed by atoms with Crippen LogP contribution in [0.2, 0.25) is 5.02 Å². The predicted molar refractivity (Wildman–Crippen MR) is 57.9 cm³/mol. The lowest BCUT2D eigenvalue weighted by Crippen LogP contribution is -2.16. The summed E-state index contributed by atoms with van der Waals surface area (Å²) in [5.41, 5.74) is 0. The average molecular weight is 230 g/mol. The van der Waals surface area contributed by atoms with Gasteiger partial charge in [0.1, 0.15) is 0 Å². The van der Waals surface area contributed by atoms with Crippen molar-refractivity contribution in [2.45, 2.75) is 6.42 Å². The molecule has 1 atom stereocenters. The molecule has 0 saturated carbocycles. The minimum atomic E-state index is -0.395. The highest BCUT2D eigenvalue weighted by Gasteiger charge is 2.16. The van der Waals surface area contributed by atoms with Crippen molar-refractivity contribution < 1.29 is 9.13 Å². The lowest BCUT2D eigenvalue weighted by molar-refractivity contribution is 0.249. The van der Waals surface area contributed by atoms with Gasteiger partial charge >= 0.3 is 0 Å². The summed E-state index contributed by atoms with van der Waals surface area (Å²) in [5.74, 6) is 0.236. The molecule has 0 aliphatic carbocycles. The highest BCUT2D eigenvalue weighted by molar-refractivity contribution is 6.32. The molecule has 2 nitrogen and oxygen atoms in total. The van der Waals surface area contributed by atoms with E-state index in [1.54, 1.807) is 12.1 Å². The largest absolute Gasteiger partial charge is 0.489 e. The molecule has 1 fully saturated rings. The van der Waals surface area contributed by atoms with Gasteiger partial charge in [0.15, 0.2) is 11.6 Å². The highest BCUT2D eigenvalue weighted by Crippen LogP contribution is 2.27. The molecule has 15 heavy (non-hydrogen) atoms. The second-order valence-corrected chi connectivity index (χ2v) is 4.13. The second-order valence-electron chi connectivity index (χ2n) is 3.72. The summed E-state index contributed by atoms with van der Waals surface area (Å²) in [5, 5.41) is 3.57. The second kappa shape index (κ2) is 4.81. The number of hydrogen-bond acceptors (Lipinski definition) is 2. The number of para-hydroxylation sites is 1. The highest BCUT2D eigenvalue weighted by atomic mass is 35.5. The van der Waals surface area contributed by atoms with Crippen molar-refractivity contribution in [2.75, 3.05) is 19.7 Å². The lowest BCUT2D eigenvalue weighted by atomic mass is 10.1. The van der Waals surface area contributed by atoms with Crippen molar-refractivity contribution in [3.8, 4) is 5.75 Å². The Morgan fingerprint density at radius 1 is 1.53 bits per heavy atom. The molecule has 0 spiro atoms. The van der Waals surface area contributed by atoms with Crippen molar-refractivity contribution in [1.29, 1.82) is 0 Å². The van der Waals surface area contributed by atoms with Crippen LogP contribution in [0.5, 0.6) is 5.75 Å². The van der Waals surface area contributed by atoms with E-state index in [2.05, 4.69) is 5.32 Å². The van der Waals surface area contributed by atoms with Crippen LogP contribution in [-0.4, -0.2) is 19.7 Å².